The first-order valence-corrected chi connectivity index (χ1v) is 4.05. The second kappa shape index (κ2) is 3.11. The van der Waals surface area contributed by atoms with E-state index in [-0.39, 0.29) is 17.3 Å². The SMILES string of the molecule is N#CCc1c[nH]c2c(F)ccc(F)c12. The molecule has 0 spiro atoms. The Hall–Kier alpha value is -1.89. The lowest BCUT2D eigenvalue weighted by Gasteiger charge is -1.96. The van der Waals surface area contributed by atoms with Gasteiger partial charge in [-0.25, -0.2) is 8.78 Å². The highest BCUT2D eigenvalue weighted by atomic mass is 19.1. The highest BCUT2D eigenvalue weighted by Gasteiger charge is 2.11. The van der Waals surface area contributed by atoms with E-state index in [1.54, 1.807) is 0 Å². The molecular formula is C10H6F2N2. The first kappa shape index (κ1) is 8.70. The fourth-order valence-electron chi connectivity index (χ4n) is 1.46. The summed E-state index contributed by atoms with van der Waals surface area (Å²) < 4.78 is 26.4. The monoisotopic (exact) mass is 192 g/mol. The van der Waals surface area contributed by atoms with E-state index in [9.17, 15) is 8.78 Å². The first-order chi connectivity index (χ1) is 6.74. The lowest BCUT2D eigenvalue weighted by molar-refractivity contribution is 0.616. The Balaban J connectivity index is 2.78. The molecule has 4 heteroatoms. The van der Waals surface area contributed by atoms with Crippen LogP contribution in [-0.4, -0.2) is 4.98 Å². The standard InChI is InChI=1S/C10H6F2N2/c11-7-1-2-8(12)10-9(7)6(3-4-13)5-14-10/h1-2,5,14H,3H2. The molecule has 0 fully saturated rings. The van der Waals surface area contributed by atoms with Gasteiger partial charge in [0.2, 0.25) is 0 Å². The van der Waals surface area contributed by atoms with Crippen molar-refractivity contribution >= 4 is 10.9 Å². The second-order valence-corrected chi connectivity index (χ2v) is 2.93. The molecule has 1 N–H and O–H groups in total. The van der Waals surface area contributed by atoms with Gasteiger partial charge in [0.1, 0.15) is 11.6 Å². The van der Waals surface area contributed by atoms with Crippen LogP contribution in [0.5, 0.6) is 0 Å². The normalized spacial score (nSPS) is 10.4. The number of rotatable bonds is 1. The summed E-state index contributed by atoms with van der Waals surface area (Å²) in [6.45, 7) is 0. The quantitative estimate of drug-likeness (QED) is 0.740. The number of H-pyrrole nitrogens is 1. The van der Waals surface area contributed by atoms with E-state index in [4.69, 9.17) is 5.26 Å². The van der Waals surface area contributed by atoms with Crippen molar-refractivity contribution in [2.45, 2.75) is 6.42 Å². The Kier molecular flexibility index (Phi) is 1.93. The molecule has 0 atom stereocenters. The van der Waals surface area contributed by atoms with Crippen molar-refractivity contribution in [3.8, 4) is 6.07 Å². The van der Waals surface area contributed by atoms with Gasteiger partial charge in [0, 0.05) is 11.6 Å². The van der Waals surface area contributed by atoms with Gasteiger partial charge in [-0.1, -0.05) is 0 Å². The molecule has 0 saturated heterocycles. The van der Waals surface area contributed by atoms with E-state index in [2.05, 4.69) is 4.98 Å². The number of hydrogen-bond donors (Lipinski definition) is 1. The molecule has 1 heterocycles. The highest BCUT2D eigenvalue weighted by Crippen LogP contribution is 2.24. The van der Waals surface area contributed by atoms with Crippen LogP contribution < -0.4 is 0 Å². The maximum atomic E-state index is 13.3. The minimum Gasteiger partial charge on any atom is -0.358 e. The average Bonchev–Trinajstić information content (AvgIpc) is 2.58. The summed E-state index contributed by atoms with van der Waals surface area (Å²) in [5.74, 6) is -1.02. The Morgan fingerprint density at radius 2 is 2.00 bits per heavy atom. The second-order valence-electron chi connectivity index (χ2n) is 2.93. The van der Waals surface area contributed by atoms with Crippen LogP contribution in [0.2, 0.25) is 0 Å². The summed E-state index contributed by atoms with van der Waals surface area (Å²) in [4.78, 5) is 2.62. The number of aromatic nitrogens is 1. The molecule has 0 saturated carbocycles. The van der Waals surface area contributed by atoms with Gasteiger partial charge < -0.3 is 4.98 Å². The largest absolute Gasteiger partial charge is 0.358 e. The van der Waals surface area contributed by atoms with Crippen molar-refractivity contribution in [2.24, 2.45) is 0 Å². The number of nitriles is 1. The molecule has 0 amide bonds. The molecular weight excluding hydrogens is 186 g/mol. The molecule has 1 aromatic carbocycles. The van der Waals surface area contributed by atoms with Gasteiger partial charge in [0.25, 0.3) is 0 Å². The molecule has 70 valence electrons. The van der Waals surface area contributed by atoms with Gasteiger partial charge >= 0.3 is 0 Å². The van der Waals surface area contributed by atoms with Gasteiger partial charge in [0.15, 0.2) is 0 Å². The van der Waals surface area contributed by atoms with Crippen molar-refractivity contribution < 1.29 is 8.78 Å². The Labute approximate surface area is 78.8 Å². The van der Waals surface area contributed by atoms with Gasteiger partial charge in [-0.2, -0.15) is 5.26 Å². The average molecular weight is 192 g/mol. The molecule has 0 aliphatic heterocycles. The molecule has 0 radical (unpaired) electrons. The van der Waals surface area contributed by atoms with Crippen molar-refractivity contribution in [3.63, 3.8) is 0 Å². The molecule has 0 aliphatic rings. The first-order valence-electron chi connectivity index (χ1n) is 4.05. The molecule has 0 aliphatic carbocycles. The zero-order valence-electron chi connectivity index (χ0n) is 7.14. The molecule has 14 heavy (non-hydrogen) atoms. The topological polar surface area (TPSA) is 39.6 Å². The molecule has 1 aromatic heterocycles. The Morgan fingerprint density at radius 1 is 1.29 bits per heavy atom. The summed E-state index contributed by atoms with van der Waals surface area (Å²) in [7, 11) is 0. The Bertz CT molecular complexity index is 523. The third-order valence-electron chi connectivity index (χ3n) is 2.09. The zero-order valence-corrected chi connectivity index (χ0v) is 7.14. The zero-order chi connectivity index (χ0) is 10.1. The van der Waals surface area contributed by atoms with Gasteiger partial charge in [-0.15, -0.1) is 0 Å². The van der Waals surface area contributed by atoms with Gasteiger partial charge in [-0.05, 0) is 17.7 Å². The van der Waals surface area contributed by atoms with Crippen LogP contribution in [0.4, 0.5) is 8.78 Å². The van der Waals surface area contributed by atoms with E-state index in [0.29, 0.717) is 5.56 Å². The van der Waals surface area contributed by atoms with Gasteiger partial charge in [-0.3, -0.25) is 0 Å². The van der Waals surface area contributed by atoms with Crippen LogP contribution in [0.15, 0.2) is 18.3 Å². The van der Waals surface area contributed by atoms with Crippen LogP contribution >= 0.6 is 0 Å². The maximum absolute atomic E-state index is 13.3. The van der Waals surface area contributed by atoms with Crippen molar-refractivity contribution in [2.75, 3.05) is 0 Å². The number of aromatic amines is 1. The van der Waals surface area contributed by atoms with Crippen LogP contribution in [-0.2, 0) is 6.42 Å². The fraction of sp³-hybridized carbons (Fsp3) is 0.100. The van der Waals surface area contributed by atoms with E-state index < -0.39 is 11.6 Å². The predicted octanol–water partition coefficient (Wildman–Crippen LogP) is 2.51. The van der Waals surface area contributed by atoms with Crippen LogP contribution in [0.3, 0.4) is 0 Å². The lowest BCUT2D eigenvalue weighted by Crippen LogP contribution is -1.85. The minimum atomic E-state index is -0.509. The summed E-state index contributed by atoms with van der Waals surface area (Å²) in [5, 5.41) is 8.65. The summed E-state index contributed by atoms with van der Waals surface area (Å²) in [5.41, 5.74) is 0.606. The summed E-state index contributed by atoms with van der Waals surface area (Å²) in [6, 6.07) is 4.02. The van der Waals surface area contributed by atoms with E-state index in [1.165, 1.54) is 6.20 Å². The number of benzene rings is 1. The maximum Gasteiger partial charge on any atom is 0.147 e. The Morgan fingerprint density at radius 3 is 2.71 bits per heavy atom. The van der Waals surface area contributed by atoms with Gasteiger partial charge in [0.05, 0.1) is 18.0 Å². The molecule has 2 nitrogen and oxygen atoms in total. The lowest BCUT2D eigenvalue weighted by atomic mass is 10.1. The third kappa shape index (κ3) is 1.14. The van der Waals surface area contributed by atoms with E-state index >= 15 is 0 Å². The number of fused-ring (bicyclic) bond motifs is 1. The van der Waals surface area contributed by atoms with Crippen molar-refractivity contribution in [3.05, 3.63) is 35.5 Å². The minimum absolute atomic E-state index is 0.0698. The smallest absolute Gasteiger partial charge is 0.147 e. The van der Waals surface area contributed by atoms with Crippen molar-refractivity contribution in [1.82, 2.24) is 4.98 Å². The molecule has 2 aromatic rings. The summed E-state index contributed by atoms with van der Waals surface area (Å²) >= 11 is 0. The number of hydrogen-bond acceptors (Lipinski definition) is 1. The van der Waals surface area contributed by atoms with Crippen LogP contribution in [0.1, 0.15) is 5.56 Å². The van der Waals surface area contributed by atoms with Crippen LogP contribution in [0, 0.1) is 23.0 Å². The number of nitrogens with one attached hydrogen (secondary N) is 1. The van der Waals surface area contributed by atoms with Crippen molar-refractivity contribution in [1.29, 1.82) is 5.26 Å². The summed E-state index contributed by atoms with van der Waals surface area (Å²) in [6.07, 6.45) is 1.53. The predicted molar refractivity (Wildman–Crippen MR) is 47.5 cm³/mol. The van der Waals surface area contributed by atoms with E-state index in [1.807, 2.05) is 6.07 Å². The molecule has 0 unspecified atom stereocenters. The molecule has 2 rings (SSSR count). The number of halogens is 2. The fourth-order valence-corrected chi connectivity index (χ4v) is 1.46. The third-order valence-corrected chi connectivity index (χ3v) is 2.09. The number of nitrogens with zero attached hydrogens (tertiary/aromatic N) is 1. The van der Waals surface area contributed by atoms with E-state index in [0.717, 1.165) is 12.1 Å². The molecule has 0 bridgehead atoms. The highest BCUT2D eigenvalue weighted by molar-refractivity contribution is 5.84. The van der Waals surface area contributed by atoms with Crippen LogP contribution in [0.25, 0.3) is 10.9 Å².